The fraction of sp³-hybridized carbons (Fsp3) is 0.462. The van der Waals surface area contributed by atoms with Crippen molar-refractivity contribution in [1.82, 2.24) is 5.32 Å². The van der Waals surface area contributed by atoms with Crippen molar-refractivity contribution in [3.05, 3.63) is 30.3 Å². The molecular weight excluding hydrogens is 232 g/mol. The number of carbonyl (C=O) groups excluding carboxylic acids is 1. The Hall–Kier alpha value is -1.59. The van der Waals surface area contributed by atoms with Gasteiger partial charge in [-0.05, 0) is 26.0 Å². The highest BCUT2D eigenvalue weighted by Gasteiger charge is 2.20. The fourth-order valence-electron chi connectivity index (χ4n) is 1.46. The molecule has 0 saturated carbocycles. The Kier molecular flexibility index (Phi) is 5.61. The van der Waals surface area contributed by atoms with E-state index >= 15 is 0 Å². The summed E-state index contributed by atoms with van der Waals surface area (Å²) in [6.45, 7) is 4.29. The van der Waals surface area contributed by atoms with Crippen molar-refractivity contribution in [3.63, 3.8) is 0 Å². The molecule has 18 heavy (non-hydrogen) atoms. The van der Waals surface area contributed by atoms with Crippen LogP contribution >= 0.6 is 0 Å². The Morgan fingerprint density at radius 2 is 2.00 bits per heavy atom. The monoisotopic (exact) mass is 252 g/mol. The van der Waals surface area contributed by atoms with Crippen molar-refractivity contribution in [1.29, 1.82) is 0 Å². The zero-order chi connectivity index (χ0) is 13.4. The molecule has 0 radical (unpaired) electrons. The van der Waals surface area contributed by atoms with E-state index in [2.05, 4.69) is 10.2 Å². The van der Waals surface area contributed by atoms with Crippen molar-refractivity contribution < 1.29 is 14.4 Å². The van der Waals surface area contributed by atoms with Crippen LogP contribution in [0.3, 0.4) is 0 Å². The van der Waals surface area contributed by atoms with Gasteiger partial charge in [-0.1, -0.05) is 18.2 Å². The molecule has 0 aliphatic heterocycles. The summed E-state index contributed by atoms with van der Waals surface area (Å²) in [4.78, 5) is 16.2. The lowest BCUT2D eigenvalue weighted by molar-refractivity contribution is -0.123. The third kappa shape index (κ3) is 5.65. The molecule has 0 fully saturated rings. The van der Waals surface area contributed by atoms with Crippen LogP contribution in [0.1, 0.15) is 20.3 Å². The smallest absolute Gasteiger partial charge is 0.223 e. The molecule has 3 N–H and O–H groups in total. The van der Waals surface area contributed by atoms with Gasteiger partial charge in [-0.15, -0.1) is 0 Å². The molecular formula is C13H20N2O3. The normalized spacial score (nSPS) is 11.1. The molecule has 0 spiro atoms. The molecule has 0 bridgehead atoms. The summed E-state index contributed by atoms with van der Waals surface area (Å²) in [6.07, 6.45) is 0.295. The molecule has 1 aromatic carbocycles. The highest BCUT2D eigenvalue weighted by molar-refractivity contribution is 5.76. The lowest BCUT2D eigenvalue weighted by atomic mass is 10.1. The fourth-order valence-corrected chi connectivity index (χ4v) is 1.46. The summed E-state index contributed by atoms with van der Waals surface area (Å²) in [5.41, 5.74) is -0.474. The van der Waals surface area contributed by atoms with E-state index in [0.717, 1.165) is 5.75 Å². The minimum absolute atomic E-state index is 0.0898. The molecule has 1 aromatic rings. The topological polar surface area (TPSA) is 73.6 Å². The number of benzene rings is 1. The molecule has 0 atom stereocenters. The van der Waals surface area contributed by atoms with E-state index in [4.69, 9.17) is 10.6 Å². The van der Waals surface area contributed by atoms with Crippen LogP contribution in [-0.4, -0.2) is 24.7 Å². The van der Waals surface area contributed by atoms with Gasteiger partial charge in [0.2, 0.25) is 5.91 Å². The van der Waals surface area contributed by atoms with Crippen LogP contribution < -0.4 is 16.0 Å². The van der Waals surface area contributed by atoms with E-state index in [-0.39, 0.29) is 12.5 Å². The number of nitrogens with two attached hydrogens (primary N) is 1. The van der Waals surface area contributed by atoms with E-state index in [0.29, 0.717) is 13.0 Å². The van der Waals surface area contributed by atoms with E-state index < -0.39 is 5.54 Å². The van der Waals surface area contributed by atoms with Crippen molar-refractivity contribution in [2.75, 3.05) is 13.2 Å². The van der Waals surface area contributed by atoms with Crippen LogP contribution in [-0.2, 0) is 9.63 Å². The highest BCUT2D eigenvalue weighted by Crippen LogP contribution is 2.08. The highest BCUT2D eigenvalue weighted by atomic mass is 16.6. The first-order chi connectivity index (χ1) is 8.53. The second-order valence-electron chi connectivity index (χ2n) is 4.65. The molecule has 1 amide bonds. The van der Waals surface area contributed by atoms with Crippen molar-refractivity contribution in [2.24, 2.45) is 5.90 Å². The van der Waals surface area contributed by atoms with Crippen LogP contribution in [0, 0.1) is 0 Å². The van der Waals surface area contributed by atoms with Crippen molar-refractivity contribution in [2.45, 2.75) is 25.8 Å². The Bertz CT molecular complexity index is 366. The number of ether oxygens (including phenoxy) is 1. The summed E-state index contributed by atoms with van der Waals surface area (Å²) >= 11 is 0. The van der Waals surface area contributed by atoms with Gasteiger partial charge in [-0.2, -0.15) is 0 Å². The van der Waals surface area contributed by atoms with Gasteiger partial charge in [0.05, 0.1) is 25.2 Å². The molecule has 0 heterocycles. The van der Waals surface area contributed by atoms with Crippen LogP contribution in [0.25, 0.3) is 0 Å². The quantitative estimate of drug-likeness (QED) is 0.716. The SMILES string of the molecule is CC(C)(CON)NC(=O)CCOc1ccccc1. The van der Waals surface area contributed by atoms with Crippen molar-refractivity contribution >= 4 is 5.91 Å². The maximum atomic E-state index is 11.6. The zero-order valence-electron chi connectivity index (χ0n) is 10.8. The largest absolute Gasteiger partial charge is 0.493 e. The number of para-hydroxylation sites is 1. The third-order valence-corrected chi connectivity index (χ3v) is 2.26. The summed E-state index contributed by atoms with van der Waals surface area (Å²) < 4.78 is 5.43. The average molecular weight is 252 g/mol. The number of rotatable bonds is 7. The number of hydrogen-bond donors (Lipinski definition) is 2. The molecule has 5 nitrogen and oxygen atoms in total. The van der Waals surface area contributed by atoms with E-state index in [1.807, 2.05) is 44.2 Å². The van der Waals surface area contributed by atoms with Gasteiger partial charge in [0, 0.05) is 0 Å². The second-order valence-corrected chi connectivity index (χ2v) is 4.65. The lowest BCUT2D eigenvalue weighted by Crippen LogP contribution is -2.47. The van der Waals surface area contributed by atoms with Crippen molar-refractivity contribution in [3.8, 4) is 5.75 Å². The maximum Gasteiger partial charge on any atom is 0.223 e. The van der Waals surface area contributed by atoms with Gasteiger partial charge < -0.3 is 14.9 Å². The first-order valence-corrected chi connectivity index (χ1v) is 5.84. The van der Waals surface area contributed by atoms with Gasteiger partial charge >= 0.3 is 0 Å². The number of carbonyl (C=O) groups is 1. The number of amides is 1. The molecule has 0 aliphatic rings. The maximum absolute atomic E-state index is 11.6. The summed E-state index contributed by atoms with van der Waals surface area (Å²) in [5, 5.41) is 2.82. The lowest BCUT2D eigenvalue weighted by Gasteiger charge is -2.24. The predicted octanol–water partition coefficient (Wildman–Crippen LogP) is 1.24. The summed E-state index contributed by atoms with van der Waals surface area (Å²) in [7, 11) is 0. The number of nitrogens with one attached hydrogen (secondary N) is 1. The zero-order valence-corrected chi connectivity index (χ0v) is 10.8. The Balaban J connectivity index is 2.25. The standard InChI is InChI=1S/C13H20N2O3/c1-13(2,10-18-14)15-12(16)8-9-17-11-6-4-3-5-7-11/h3-7H,8-10,14H2,1-2H3,(H,15,16). The van der Waals surface area contributed by atoms with Gasteiger partial charge in [-0.25, -0.2) is 5.90 Å². The first kappa shape index (κ1) is 14.5. The van der Waals surface area contributed by atoms with E-state index in [1.54, 1.807) is 0 Å². The Morgan fingerprint density at radius 3 is 2.61 bits per heavy atom. The first-order valence-electron chi connectivity index (χ1n) is 5.84. The van der Waals surface area contributed by atoms with E-state index in [9.17, 15) is 4.79 Å². The van der Waals surface area contributed by atoms with Gasteiger partial charge in [0.15, 0.2) is 0 Å². The minimum Gasteiger partial charge on any atom is -0.493 e. The number of hydrogen-bond acceptors (Lipinski definition) is 4. The molecule has 0 aliphatic carbocycles. The molecule has 0 saturated heterocycles. The molecule has 5 heteroatoms. The molecule has 0 unspecified atom stereocenters. The summed E-state index contributed by atoms with van der Waals surface area (Å²) in [5.74, 6) is 5.66. The second kappa shape index (κ2) is 6.98. The Labute approximate surface area is 107 Å². The molecule has 100 valence electrons. The predicted molar refractivity (Wildman–Crippen MR) is 68.9 cm³/mol. The van der Waals surface area contributed by atoms with Gasteiger partial charge in [-0.3, -0.25) is 4.79 Å². The van der Waals surface area contributed by atoms with Crippen LogP contribution in [0.2, 0.25) is 0 Å². The molecule has 0 aromatic heterocycles. The van der Waals surface area contributed by atoms with Crippen LogP contribution in [0.4, 0.5) is 0 Å². The minimum atomic E-state index is -0.474. The molecule has 1 rings (SSSR count). The third-order valence-electron chi connectivity index (χ3n) is 2.26. The summed E-state index contributed by atoms with van der Waals surface area (Å²) in [6, 6.07) is 9.39. The van der Waals surface area contributed by atoms with E-state index in [1.165, 1.54) is 0 Å². The Morgan fingerprint density at radius 1 is 1.33 bits per heavy atom. The van der Waals surface area contributed by atoms with Crippen LogP contribution in [0.15, 0.2) is 30.3 Å². The van der Waals surface area contributed by atoms with Crippen LogP contribution in [0.5, 0.6) is 5.75 Å². The average Bonchev–Trinajstić information content (AvgIpc) is 2.29. The van der Waals surface area contributed by atoms with Gasteiger partial charge in [0.25, 0.3) is 0 Å². The van der Waals surface area contributed by atoms with Gasteiger partial charge in [0.1, 0.15) is 5.75 Å².